The van der Waals surface area contributed by atoms with Gasteiger partial charge in [-0.2, -0.15) is 0 Å². The molecule has 59 heavy (non-hydrogen) atoms. The first-order valence-electron chi connectivity index (χ1n) is 21.8. The highest BCUT2D eigenvalue weighted by Gasteiger charge is 2.73. The van der Waals surface area contributed by atoms with Gasteiger partial charge in [0, 0.05) is 30.0 Å². The Morgan fingerprint density at radius 2 is 1.58 bits per heavy atom. The summed E-state index contributed by atoms with van der Waals surface area (Å²) in [7, 11) is 0. The molecule has 0 amide bonds. The van der Waals surface area contributed by atoms with Gasteiger partial charge in [-0.3, -0.25) is 9.98 Å². The van der Waals surface area contributed by atoms with Crippen molar-refractivity contribution in [2.45, 2.75) is 89.7 Å². The molecule has 9 nitrogen and oxygen atoms in total. The van der Waals surface area contributed by atoms with E-state index < -0.39 is 6.10 Å². The molecule has 7 atom stereocenters. The smallest absolute Gasteiger partial charge is 0.169 e. The Morgan fingerprint density at radius 1 is 0.746 bits per heavy atom. The number of nitrogens with zero attached hydrogens (tertiary/aromatic N) is 2. The number of aliphatic imine (C=N–C) groups is 2. The van der Waals surface area contributed by atoms with Crippen LogP contribution in [0.15, 0.2) is 82.8 Å². The fourth-order valence-corrected chi connectivity index (χ4v) is 13.6. The number of nitrogens with one attached hydrogen (secondary N) is 1. The molecule has 4 fully saturated rings. The highest BCUT2D eigenvalue weighted by Crippen LogP contribution is 2.75. The van der Waals surface area contributed by atoms with Gasteiger partial charge in [-0.1, -0.05) is 79.6 Å². The summed E-state index contributed by atoms with van der Waals surface area (Å²) < 4.78 is 0. The molecular weight excluding hydrogens is 739 g/mol. The first kappa shape index (κ1) is 38.1. The van der Waals surface area contributed by atoms with E-state index in [9.17, 15) is 30.6 Å². The SMILES string of the molecule is Oc1ccc(/C=C/c2c(CCc3ccc(CNC[C@@]45C6=NCN=C6CC[C@@H]6CCC[C@]64CC[C@@]46CCC[C@H]4C=C[C@H](O)[C@H]65)cc3)c(O)c(O)c3c(O)cccc23)cc1O. The van der Waals surface area contributed by atoms with Crippen molar-refractivity contribution in [3.63, 3.8) is 0 Å². The van der Waals surface area contributed by atoms with Gasteiger partial charge in [-0.05, 0) is 133 Å². The lowest BCUT2D eigenvalue weighted by atomic mass is 9.37. The van der Waals surface area contributed by atoms with E-state index in [-0.39, 0.29) is 56.3 Å². The summed E-state index contributed by atoms with van der Waals surface area (Å²) in [4.78, 5) is 10.3. The molecule has 0 aromatic heterocycles. The maximum absolute atomic E-state index is 12.2. The number of aliphatic hydroxyl groups is 1. The van der Waals surface area contributed by atoms with Gasteiger partial charge in [0.15, 0.2) is 23.0 Å². The average Bonchev–Trinajstić information content (AvgIpc) is 3.98. The van der Waals surface area contributed by atoms with E-state index >= 15 is 0 Å². The van der Waals surface area contributed by atoms with Crippen molar-refractivity contribution in [2.24, 2.45) is 44.0 Å². The van der Waals surface area contributed by atoms with Crippen LogP contribution in [0.4, 0.5) is 0 Å². The molecular formula is C50H55N3O6. The van der Waals surface area contributed by atoms with Crippen LogP contribution in [-0.2, 0) is 19.4 Å². The fraction of sp³-hybridized carbons (Fsp3) is 0.440. The van der Waals surface area contributed by atoms with E-state index in [4.69, 9.17) is 9.98 Å². The van der Waals surface area contributed by atoms with Crippen LogP contribution >= 0.6 is 0 Å². The molecule has 2 spiro atoms. The molecule has 9 heteroatoms. The average molecular weight is 794 g/mol. The number of hydrogen-bond donors (Lipinski definition) is 7. The monoisotopic (exact) mass is 793 g/mol. The molecule has 1 aliphatic heterocycles. The van der Waals surface area contributed by atoms with Crippen LogP contribution in [0.5, 0.6) is 28.7 Å². The summed E-state index contributed by atoms with van der Waals surface area (Å²) in [6.45, 7) is 2.00. The number of aromatic hydroxyl groups is 5. The summed E-state index contributed by atoms with van der Waals surface area (Å²) in [5.74, 6) is 0.0414. The van der Waals surface area contributed by atoms with Crippen LogP contribution in [0.1, 0.15) is 92.0 Å². The maximum atomic E-state index is 12.2. The summed E-state index contributed by atoms with van der Waals surface area (Å²) in [6.07, 6.45) is 20.6. The Labute approximate surface area is 345 Å². The molecule has 4 saturated carbocycles. The van der Waals surface area contributed by atoms with E-state index in [1.54, 1.807) is 30.4 Å². The zero-order valence-corrected chi connectivity index (χ0v) is 33.6. The highest BCUT2D eigenvalue weighted by molar-refractivity contribution is 6.45. The number of aryl methyl sites for hydroxylation is 1. The second-order valence-corrected chi connectivity index (χ2v) is 18.4. The van der Waals surface area contributed by atoms with Crippen molar-refractivity contribution in [3.05, 3.63) is 101 Å². The third-order valence-corrected chi connectivity index (χ3v) is 16.0. The number of aliphatic hydroxyl groups excluding tert-OH is 1. The molecule has 4 aromatic rings. The van der Waals surface area contributed by atoms with Crippen LogP contribution in [0.2, 0.25) is 0 Å². The molecule has 6 aliphatic rings. The molecule has 0 unspecified atom stereocenters. The molecule has 4 aromatic carbocycles. The van der Waals surface area contributed by atoms with Gasteiger partial charge in [0.1, 0.15) is 12.4 Å². The molecule has 5 aliphatic carbocycles. The van der Waals surface area contributed by atoms with Gasteiger partial charge in [0.05, 0.1) is 22.9 Å². The number of benzene rings is 4. The van der Waals surface area contributed by atoms with Crippen molar-refractivity contribution in [1.82, 2.24) is 5.32 Å². The molecule has 0 bridgehead atoms. The standard InChI is InChI=1S/C50H55N3O6/c54-39-20-14-31(26-42(39)57)13-17-35-36-6-1-7-40(55)43(36)45(59)44(58)37(35)18-12-30-8-10-32(11-9-30)27-51-28-50-46-41(56)21-16-33-4-2-22-48(33,46)24-25-49(50)23-3-5-34(49)15-19-38-47(50)53-29-52-38/h1,6-11,13-14,16-17,20-21,26,33-34,41,46,51,54-59H,2-5,12,15,18-19,22-25,27-29H2/b17-13+/t33-,34-,41-,46+,48-,49-,50+/m0/s1. The summed E-state index contributed by atoms with van der Waals surface area (Å²) in [6, 6.07) is 18.1. The topological polar surface area (TPSA) is 158 Å². The minimum atomic E-state index is -0.488. The van der Waals surface area contributed by atoms with Gasteiger partial charge >= 0.3 is 0 Å². The van der Waals surface area contributed by atoms with Crippen LogP contribution in [0.3, 0.4) is 0 Å². The van der Waals surface area contributed by atoms with Gasteiger partial charge < -0.3 is 36.0 Å². The van der Waals surface area contributed by atoms with Crippen molar-refractivity contribution >= 4 is 34.3 Å². The summed E-state index contributed by atoms with van der Waals surface area (Å²) in [5.41, 5.74) is 6.46. The quantitative estimate of drug-likeness (QED) is 0.0507. The van der Waals surface area contributed by atoms with Crippen molar-refractivity contribution in [1.29, 1.82) is 0 Å². The van der Waals surface area contributed by atoms with Gasteiger partial charge in [0.25, 0.3) is 0 Å². The number of hydrogen-bond acceptors (Lipinski definition) is 9. The molecule has 1 heterocycles. The number of phenols is 5. The van der Waals surface area contributed by atoms with E-state index in [1.807, 2.05) is 0 Å². The molecule has 0 radical (unpaired) electrons. The van der Waals surface area contributed by atoms with Crippen molar-refractivity contribution in [2.75, 3.05) is 13.2 Å². The fourth-order valence-electron chi connectivity index (χ4n) is 13.6. The maximum Gasteiger partial charge on any atom is 0.169 e. The van der Waals surface area contributed by atoms with Crippen LogP contribution in [-0.4, -0.2) is 61.4 Å². The lowest BCUT2D eigenvalue weighted by Gasteiger charge is -2.66. The van der Waals surface area contributed by atoms with E-state index in [1.165, 1.54) is 93.0 Å². The number of fused-ring (bicyclic) bond motifs is 4. The number of rotatable bonds is 9. The van der Waals surface area contributed by atoms with Crippen LogP contribution < -0.4 is 5.32 Å². The van der Waals surface area contributed by atoms with E-state index in [0.29, 0.717) is 60.0 Å². The third-order valence-electron chi connectivity index (χ3n) is 16.0. The van der Waals surface area contributed by atoms with E-state index in [0.717, 1.165) is 18.5 Å². The van der Waals surface area contributed by atoms with Crippen LogP contribution in [0.25, 0.3) is 22.9 Å². The predicted octanol–water partition coefficient (Wildman–Crippen LogP) is 8.96. The Bertz CT molecular complexity index is 2440. The summed E-state index contributed by atoms with van der Waals surface area (Å²) in [5, 5.41) is 69.9. The van der Waals surface area contributed by atoms with Crippen molar-refractivity contribution < 1.29 is 30.6 Å². The van der Waals surface area contributed by atoms with Crippen LogP contribution in [0, 0.1) is 34.0 Å². The zero-order chi connectivity index (χ0) is 40.5. The highest BCUT2D eigenvalue weighted by atomic mass is 16.3. The largest absolute Gasteiger partial charge is 0.507 e. The molecule has 0 saturated heterocycles. The Hall–Kier alpha value is -5.12. The molecule has 10 rings (SSSR count). The second-order valence-electron chi connectivity index (χ2n) is 18.4. The Morgan fingerprint density at radius 3 is 2.42 bits per heavy atom. The molecule has 7 N–H and O–H groups in total. The number of allylic oxidation sites excluding steroid dienone is 1. The minimum Gasteiger partial charge on any atom is -0.507 e. The minimum absolute atomic E-state index is 0.108. The summed E-state index contributed by atoms with van der Waals surface area (Å²) >= 11 is 0. The van der Waals surface area contributed by atoms with Crippen molar-refractivity contribution in [3.8, 4) is 28.7 Å². The third kappa shape index (κ3) is 5.86. The lowest BCUT2D eigenvalue weighted by molar-refractivity contribution is -0.156. The Balaban J connectivity index is 0.917. The number of phenolic OH excluding ortho intramolecular Hbond substituents is 5. The first-order valence-corrected chi connectivity index (χ1v) is 21.8. The van der Waals surface area contributed by atoms with E-state index in [2.05, 4.69) is 41.7 Å². The van der Waals surface area contributed by atoms with Gasteiger partial charge in [-0.15, -0.1) is 0 Å². The predicted molar refractivity (Wildman–Crippen MR) is 232 cm³/mol. The molecule has 306 valence electrons. The van der Waals surface area contributed by atoms with Gasteiger partial charge in [0.2, 0.25) is 0 Å². The lowest BCUT2D eigenvalue weighted by Crippen LogP contribution is -2.69. The second kappa shape index (κ2) is 14.6. The Kier molecular flexibility index (Phi) is 9.40. The normalized spacial score (nSPS) is 30.7. The van der Waals surface area contributed by atoms with Gasteiger partial charge in [-0.25, -0.2) is 0 Å². The first-order chi connectivity index (χ1) is 28.6. The zero-order valence-electron chi connectivity index (χ0n) is 33.6.